The number of nitrogens with zero attached hydrogens (tertiary/aromatic N) is 6. The summed E-state index contributed by atoms with van der Waals surface area (Å²) in [6.07, 6.45) is 12.0. The van der Waals surface area contributed by atoms with E-state index in [1.807, 2.05) is 18.2 Å². The lowest BCUT2D eigenvalue weighted by Gasteiger charge is -2.57. The number of ether oxygens (including phenoxy) is 8. The van der Waals surface area contributed by atoms with Crippen LogP contribution in [-0.4, -0.2) is 229 Å². The van der Waals surface area contributed by atoms with Crippen molar-refractivity contribution in [2.45, 2.75) is 177 Å². The molecule has 16 heterocycles. The molecule has 7 aromatic carbocycles. The van der Waals surface area contributed by atoms with E-state index in [2.05, 4.69) is 95.2 Å². The van der Waals surface area contributed by atoms with Crippen LogP contribution in [0.5, 0.6) is 23.0 Å². The number of carboxylic acids is 2. The molecular formula is C109H118Cl2N8O23. The van der Waals surface area contributed by atoms with Gasteiger partial charge in [-0.25, -0.2) is 47.5 Å². The number of nitrogens with one attached hydrogen (secondary N) is 2. The van der Waals surface area contributed by atoms with E-state index in [9.17, 15) is 73.2 Å². The van der Waals surface area contributed by atoms with Gasteiger partial charge in [0, 0.05) is 150 Å². The average Bonchev–Trinajstić information content (AvgIpc) is 1.52. The Labute approximate surface area is 830 Å². The van der Waals surface area contributed by atoms with Crippen molar-refractivity contribution >= 4 is 132 Å². The zero-order valence-electron chi connectivity index (χ0n) is 80.5. The number of hydrogen-bond donors (Lipinski definition) is 6. The van der Waals surface area contributed by atoms with Crippen LogP contribution in [0.4, 0.5) is 24.0 Å². The maximum Gasteiger partial charge on any atom is 0.513 e. The number of halogens is 2. The van der Waals surface area contributed by atoms with Gasteiger partial charge in [-0.05, 0) is 256 Å². The molecule has 4 aromatic heterocycles. The first-order chi connectivity index (χ1) is 68.4. The SMILES string of the molecule is CCC1C[C@@H]2CN3CCc4c([nH]c5ccc(OC)cc45)[C@](C(=O)OC)(C2)C13.CCC1C[C@@H]2CN3CCc4c(n(C(=O)OC(=O)c5ccccc5)c5ccc(O)cc45)[C@](C(=O)O)(C2)C13.CCC1C[C@@H]2CN3CCc4c(n(C(=O)OC(=O)c5ccccc5)c5ccc(OC(=O)OC)cc45)[C@](C(=O)O)(C2)C13.CCC1C[C@H]2C[C@H]3c4[nH]c5ccc(O)cc5c4CCN(C2)C13.COC(=O)Cl.O=C(Cl)OC(=O)c1ccccc1. The molecule has 12 fully saturated rings. The first-order valence-corrected chi connectivity index (χ1v) is 49.9. The zero-order chi connectivity index (χ0) is 100. The number of aromatic nitrogens is 4. The summed E-state index contributed by atoms with van der Waals surface area (Å²) in [6, 6.07) is 46.2. The predicted octanol–water partition coefficient (Wildman–Crippen LogP) is 18.9. The van der Waals surface area contributed by atoms with E-state index < -0.39 is 75.3 Å². The number of carbonyl (C=O) groups is 11. The Bertz CT molecular complexity index is 6740. The minimum absolute atomic E-state index is 0.0287. The summed E-state index contributed by atoms with van der Waals surface area (Å²) in [7, 11) is 5.66. The molecule has 6 N–H and O–H groups in total. The number of hydrogen-bond acceptors (Lipinski definition) is 25. The highest BCUT2D eigenvalue weighted by molar-refractivity contribution is 6.62. The van der Waals surface area contributed by atoms with Gasteiger partial charge >= 0.3 is 65.0 Å². The molecule has 16 aliphatic rings. The Hall–Kier alpha value is -12.9. The largest absolute Gasteiger partial charge is 0.513 e. The number of aromatic hydroxyl groups is 2. The molecular weight excluding hydrogens is 1860 g/mol. The molecule has 31 nitrogen and oxygen atoms in total. The maximum atomic E-state index is 13.9. The molecule has 0 amide bonds. The van der Waals surface area contributed by atoms with Gasteiger partial charge < -0.3 is 68.3 Å². The summed E-state index contributed by atoms with van der Waals surface area (Å²) < 4.78 is 42.1. The Balaban J connectivity index is 0.000000120. The number of piperidine rings is 8. The van der Waals surface area contributed by atoms with E-state index >= 15 is 0 Å². The number of rotatable bonds is 12. The van der Waals surface area contributed by atoms with Gasteiger partial charge in [-0.15, -0.1) is 0 Å². The van der Waals surface area contributed by atoms with E-state index in [4.69, 9.17) is 35.3 Å². The van der Waals surface area contributed by atoms with Crippen molar-refractivity contribution in [3.05, 3.63) is 226 Å². The van der Waals surface area contributed by atoms with Crippen LogP contribution < -0.4 is 9.47 Å². The van der Waals surface area contributed by atoms with Gasteiger partial charge in [0.25, 0.3) is 0 Å². The fourth-order valence-corrected chi connectivity index (χ4v) is 27.6. The second-order valence-corrected chi connectivity index (χ2v) is 40.3. The minimum Gasteiger partial charge on any atom is -0.508 e. The monoisotopic (exact) mass is 1980 g/mol. The second-order valence-electron chi connectivity index (χ2n) is 39.7. The highest BCUT2D eigenvalue weighted by atomic mass is 35.5. The number of aliphatic carboxylic acids is 2. The zero-order valence-corrected chi connectivity index (χ0v) is 82.1. The number of benzene rings is 7. The van der Waals surface area contributed by atoms with E-state index in [0.717, 1.165) is 118 Å². The summed E-state index contributed by atoms with van der Waals surface area (Å²) in [6.45, 7) is 16.4. The lowest BCUT2D eigenvalue weighted by Crippen LogP contribution is -2.67. The smallest absolute Gasteiger partial charge is 0.508 e. The van der Waals surface area contributed by atoms with Gasteiger partial charge in [0.15, 0.2) is 0 Å². The number of fused-ring (bicyclic) bond motifs is 16. The van der Waals surface area contributed by atoms with Crippen molar-refractivity contribution in [2.24, 2.45) is 47.3 Å². The van der Waals surface area contributed by atoms with Gasteiger partial charge in [0.2, 0.25) is 0 Å². The molecule has 142 heavy (non-hydrogen) atoms. The quantitative estimate of drug-likeness (QED) is 0.0217. The van der Waals surface area contributed by atoms with Crippen LogP contribution in [0.2, 0.25) is 0 Å². The van der Waals surface area contributed by atoms with Crippen LogP contribution in [0, 0.1) is 47.3 Å². The molecule has 4 aliphatic carbocycles. The first kappa shape index (κ1) is 99.2. The molecule has 16 bridgehead atoms. The number of aromatic amines is 2. The number of phenols is 2. The van der Waals surface area contributed by atoms with E-state index in [1.54, 1.807) is 123 Å². The highest BCUT2D eigenvalue weighted by Crippen LogP contribution is 2.61. The normalized spacial score (nSPS) is 27.8. The molecule has 0 radical (unpaired) electrons. The van der Waals surface area contributed by atoms with Crippen molar-refractivity contribution in [3.8, 4) is 23.0 Å². The first-order valence-electron chi connectivity index (χ1n) is 49.1. The van der Waals surface area contributed by atoms with Crippen molar-refractivity contribution in [1.29, 1.82) is 0 Å². The lowest BCUT2D eigenvalue weighted by atomic mass is 9.56. The van der Waals surface area contributed by atoms with E-state index in [-0.39, 0.29) is 70.4 Å². The Morgan fingerprint density at radius 3 is 1.28 bits per heavy atom. The van der Waals surface area contributed by atoms with Crippen molar-refractivity contribution in [2.75, 3.05) is 80.8 Å². The van der Waals surface area contributed by atoms with Gasteiger partial charge in [-0.3, -0.25) is 34.0 Å². The number of methoxy groups -OCH3 is 4. The third-order valence-electron chi connectivity index (χ3n) is 32.5. The number of carbonyl (C=O) groups excluding carboxylic acids is 9. The summed E-state index contributed by atoms with van der Waals surface area (Å²) in [4.78, 5) is 153. The molecule has 20 atom stereocenters. The highest BCUT2D eigenvalue weighted by Gasteiger charge is 2.67. The fraction of sp³-hybridized carbons (Fsp3) is 0.440. The standard InChI is InChI=1S/C30H30N2O8.C28H28N2O6.C22H28N2O3.C19H24N2O.C8H5ClO3.C2H3ClO2/c1-3-18-13-17-15-30(27(34)35)24(18)31(16-17)12-11-21-22-14-20(39-29(37)38-2)9-10-23(22)32(25(21)30)28(36)40-26(33)19-7-5-4-6-8-19;1-2-17-12-16-14-28(26(33)34)23(17)29(15-16)11-10-20-21-13-19(31)8-9-22(21)30(24(20)28)27(35)36-25(32)18-6-4-3-5-7-18;1-4-14-9-13-11-22(21(25)27-3)19-16(7-8-24(12-13)20(14)22)17-10-15(26-2)5-6-18(17)23-19;1-2-12-7-11-8-16-18-14(5-6-21(10-11)19(12)16)15-9-13(22)3-4-17(15)20-18;9-8(11)12-7(10)6-4-2-1-3-5-6;1-5-2(3)4/h4-10,14,17-18,24H,3,11-13,15-16H2,1-2H3,(H,34,35);3-9,13,16-17,23,31H,2,10-12,14-15H2,1H3,(H,33,34);5-6,10,13-14,20,23H,4,7-9,11-12H2,1-3H3;3-4,9,11-12,16,19-20,22H,2,5-8,10H2,1H3;1-5H;1H3/t17-,18?,24?,30-;16-,17?,23?,28-;13-,14?,20?,22+;11-,12?,16-,19?;;/m0000../s1. The van der Waals surface area contributed by atoms with E-state index in [1.165, 1.54) is 120 Å². The predicted molar refractivity (Wildman–Crippen MR) is 527 cm³/mol. The van der Waals surface area contributed by atoms with Crippen LogP contribution >= 0.6 is 23.2 Å². The average molecular weight is 1980 g/mol. The molecule has 11 aromatic rings. The van der Waals surface area contributed by atoms with Crippen LogP contribution in [0.3, 0.4) is 0 Å². The van der Waals surface area contributed by atoms with Gasteiger partial charge in [0.1, 0.15) is 39.2 Å². The second kappa shape index (κ2) is 40.8. The van der Waals surface area contributed by atoms with Gasteiger partial charge in [-0.1, -0.05) is 108 Å². The molecule has 0 spiro atoms. The molecule has 8 saturated heterocycles. The molecule has 27 rings (SSSR count). The number of esters is 4. The van der Waals surface area contributed by atoms with E-state index in [0.29, 0.717) is 107 Å². The van der Waals surface area contributed by atoms with Gasteiger partial charge in [-0.2, -0.15) is 0 Å². The summed E-state index contributed by atoms with van der Waals surface area (Å²) in [5.41, 5.74) is 6.17. The molecule has 12 unspecified atom stereocenters. The van der Waals surface area contributed by atoms with Crippen LogP contribution in [0.15, 0.2) is 164 Å². The summed E-state index contributed by atoms with van der Waals surface area (Å²) in [5, 5.41) is 45.7. The van der Waals surface area contributed by atoms with Crippen molar-refractivity contribution < 1.29 is 111 Å². The van der Waals surface area contributed by atoms with Crippen LogP contribution in [-0.2, 0) is 84.7 Å². The van der Waals surface area contributed by atoms with Crippen molar-refractivity contribution in [1.82, 2.24) is 38.7 Å². The Kier molecular flexibility index (Phi) is 28.5. The third-order valence-corrected chi connectivity index (χ3v) is 32.8. The molecule has 12 aliphatic heterocycles. The van der Waals surface area contributed by atoms with Crippen molar-refractivity contribution in [3.63, 3.8) is 0 Å². The van der Waals surface area contributed by atoms with Crippen LogP contribution in [0.1, 0.15) is 187 Å². The van der Waals surface area contributed by atoms with Gasteiger partial charge in [0.05, 0.1) is 67.6 Å². The number of H-pyrrole nitrogens is 2. The molecule has 4 saturated carbocycles. The summed E-state index contributed by atoms with van der Waals surface area (Å²) in [5.74, 6) is 1.27. The summed E-state index contributed by atoms with van der Waals surface area (Å²) >= 11 is 9.44. The van der Waals surface area contributed by atoms with Crippen LogP contribution in [0.25, 0.3) is 43.6 Å². The molecule has 33 heteroatoms. The fourth-order valence-electron chi connectivity index (χ4n) is 27.5. The number of phenolic OH excluding ortho intramolecular Hbond substituents is 2. The lowest BCUT2D eigenvalue weighted by molar-refractivity contribution is -0.162. The maximum absolute atomic E-state index is 13.9. The Morgan fingerprint density at radius 1 is 0.408 bits per heavy atom. The Morgan fingerprint density at radius 2 is 0.810 bits per heavy atom. The minimum atomic E-state index is -1.38. The third kappa shape index (κ3) is 17.9. The topological polar surface area (TPSA) is 397 Å². The molecule has 746 valence electrons. The number of carboxylic acid groups (broad SMARTS) is 2.